The summed E-state index contributed by atoms with van der Waals surface area (Å²) in [6.07, 6.45) is 1.81. The second kappa shape index (κ2) is 5.17. The number of aliphatic hydroxyl groups excluding tert-OH is 2. The van der Waals surface area contributed by atoms with E-state index in [1.165, 1.54) is 6.33 Å². The Morgan fingerprint density at radius 1 is 1.45 bits per heavy atom. The van der Waals surface area contributed by atoms with Gasteiger partial charge in [-0.1, -0.05) is 4.98 Å². The first-order valence-corrected chi connectivity index (χ1v) is 7.52. The number of aromatic amines is 1. The van der Waals surface area contributed by atoms with Crippen LogP contribution in [-0.4, -0.2) is 55.5 Å². The second-order valence-electron chi connectivity index (χ2n) is 4.64. The number of nitrogens with one attached hydrogen (secondary N) is 1. The van der Waals surface area contributed by atoms with Crippen LogP contribution in [0, 0.1) is 0 Å². The number of nitrogen functional groups attached to an aromatic ring is 1. The van der Waals surface area contributed by atoms with Crippen LogP contribution in [-0.2, 0) is 4.74 Å². The van der Waals surface area contributed by atoms with Crippen molar-refractivity contribution >= 4 is 28.7 Å². The maximum absolute atomic E-state index is 10.2. The van der Waals surface area contributed by atoms with Crippen molar-refractivity contribution in [3.05, 3.63) is 12.7 Å². The Hall–Kier alpha value is -1.42. The lowest BCUT2D eigenvalue weighted by Gasteiger charge is -2.11. The molecular formula is C11H16N5O3S+. The number of rotatable bonds is 3. The minimum Gasteiger partial charge on any atom is -0.387 e. The molecule has 1 aliphatic rings. The molecule has 1 aliphatic heterocycles. The van der Waals surface area contributed by atoms with Gasteiger partial charge in [0.2, 0.25) is 11.7 Å². The fourth-order valence-corrected chi connectivity index (χ4v) is 2.98. The van der Waals surface area contributed by atoms with E-state index in [4.69, 9.17) is 10.5 Å². The molecular weight excluding hydrogens is 282 g/mol. The van der Waals surface area contributed by atoms with Crippen LogP contribution >= 0.6 is 11.8 Å². The van der Waals surface area contributed by atoms with E-state index in [0.29, 0.717) is 22.7 Å². The average Bonchev–Trinajstić information content (AvgIpc) is 2.97. The van der Waals surface area contributed by atoms with E-state index in [1.54, 1.807) is 22.7 Å². The fourth-order valence-electron chi connectivity index (χ4n) is 2.37. The highest BCUT2D eigenvalue weighted by atomic mass is 32.2. The number of nitrogens with two attached hydrogens (primary N) is 1. The van der Waals surface area contributed by atoms with Crippen LogP contribution in [0.25, 0.3) is 11.2 Å². The van der Waals surface area contributed by atoms with Crippen LogP contribution in [0.2, 0.25) is 0 Å². The van der Waals surface area contributed by atoms with Crippen molar-refractivity contribution in [2.75, 3.05) is 17.7 Å². The highest BCUT2D eigenvalue weighted by Crippen LogP contribution is 2.28. The molecule has 108 valence electrons. The van der Waals surface area contributed by atoms with Crippen molar-refractivity contribution in [2.45, 2.75) is 24.5 Å². The Balaban J connectivity index is 1.97. The van der Waals surface area contributed by atoms with E-state index in [1.807, 2.05) is 6.26 Å². The van der Waals surface area contributed by atoms with Gasteiger partial charge in [0.25, 0.3) is 0 Å². The first-order chi connectivity index (χ1) is 9.63. The quantitative estimate of drug-likeness (QED) is 0.526. The molecule has 3 heterocycles. The van der Waals surface area contributed by atoms with Crippen molar-refractivity contribution in [3.63, 3.8) is 0 Å². The lowest BCUT2D eigenvalue weighted by molar-refractivity contribution is -0.745. The summed E-state index contributed by atoms with van der Waals surface area (Å²) < 4.78 is 7.37. The number of nitrogens with zero attached hydrogens (tertiary/aromatic N) is 3. The molecule has 1 saturated heterocycles. The number of fused-ring (bicyclic) bond motifs is 1. The zero-order valence-electron chi connectivity index (χ0n) is 10.8. The number of aromatic nitrogens is 4. The van der Waals surface area contributed by atoms with Gasteiger partial charge in [0.1, 0.15) is 12.2 Å². The highest BCUT2D eigenvalue weighted by molar-refractivity contribution is 7.98. The molecule has 0 spiro atoms. The first-order valence-electron chi connectivity index (χ1n) is 6.12. The number of imidazole rings is 1. The molecule has 0 unspecified atom stereocenters. The lowest BCUT2D eigenvalue weighted by atomic mass is 10.1. The summed E-state index contributed by atoms with van der Waals surface area (Å²) in [6.45, 7) is 0. The number of hydrogen-bond donors (Lipinski definition) is 4. The predicted octanol–water partition coefficient (Wildman–Crippen LogP) is -1.19. The third-order valence-corrected chi connectivity index (χ3v) is 4.05. The molecule has 2 aromatic heterocycles. The van der Waals surface area contributed by atoms with Gasteiger partial charge in [0.15, 0.2) is 18.5 Å². The minimum absolute atomic E-state index is 0.322. The predicted molar refractivity (Wildman–Crippen MR) is 72.8 cm³/mol. The van der Waals surface area contributed by atoms with Gasteiger partial charge in [-0.2, -0.15) is 16.7 Å². The van der Waals surface area contributed by atoms with Gasteiger partial charge < -0.3 is 20.7 Å². The Kier molecular flexibility index (Phi) is 3.50. The molecule has 0 amide bonds. The van der Waals surface area contributed by atoms with Crippen LogP contribution in [0.1, 0.15) is 6.23 Å². The van der Waals surface area contributed by atoms with Gasteiger partial charge in [-0.05, 0) is 6.26 Å². The van der Waals surface area contributed by atoms with Crippen molar-refractivity contribution in [1.29, 1.82) is 0 Å². The van der Waals surface area contributed by atoms with Gasteiger partial charge in [0, 0.05) is 5.75 Å². The molecule has 2 aromatic rings. The van der Waals surface area contributed by atoms with Crippen molar-refractivity contribution in [3.8, 4) is 0 Å². The maximum Gasteiger partial charge on any atom is 0.309 e. The fraction of sp³-hybridized carbons (Fsp3) is 0.545. The van der Waals surface area contributed by atoms with E-state index in [2.05, 4.69) is 15.0 Å². The molecule has 0 aromatic carbocycles. The molecule has 1 fully saturated rings. The van der Waals surface area contributed by atoms with Crippen LogP contribution in [0.3, 0.4) is 0 Å². The maximum atomic E-state index is 10.2. The molecule has 0 saturated carbocycles. The summed E-state index contributed by atoms with van der Waals surface area (Å²) in [5.74, 6) is 0.928. The standard InChI is InChI=1S/C11H15N5O3S/c1-20-2-5-7(17)8(18)11(19-5)16-4-15-6-9(12)13-3-14-10(6)16/h3-5,7-8,11,17-18H,2H2,1H3,(H2,12,13,14)/p+1/t5-,7-,8-,11-/m1/s1. The van der Waals surface area contributed by atoms with Crippen LogP contribution < -0.4 is 10.3 Å². The molecule has 5 N–H and O–H groups in total. The normalized spacial score (nSPS) is 30.1. The molecule has 3 rings (SSSR count). The molecule has 8 nitrogen and oxygen atoms in total. The number of hydrogen-bond acceptors (Lipinski definition) is 7. The zero-order chi connectivity index (χ0) is 14.3. The topological polar surface area (TPSA) is 121 Å². The van der Waals surface area contributed by atoms with Gasteiger partial charge >= 0.3 is 5.65 Å². The summed E-state index contributed by atoms with van der Waals surface area (Å²) >= 11 is 1.55. The van der Waals surface area contributed by atoms with Gasteiger partial charge in [0.05, 0.1) is 6.10 Å². The van der Waals surface area contributed by atoms with Gasteiger partial charge in [-0.3, -0.25) is 4.98 Å². The number of ether oxygens (including phenoxy) is 1. The van der Waals surface area contributed by atoms with E-state index >= 15 is 0 Å². The number of anilines is 1. The van der Waals surface area contributed by atoms with Crippen molar-refractivity contribution < 1.29 is 19.5 Å². The third kappa shape index (κ3) is 2.03. The Morgan fingerprint density at radius 3 is 3.00 bits per heavy atom. The average molecular weight is 298 g/mol. The summed E-state index contributed by atoms with van der Waals surface area (Å²) in [7, 11) is 0. The van der Waals surface area contributed by atoms with Crippen molar-refractivity contribution in [2.24, 2.45) is 0 Å². The highest BCUT2D eigenvalue weighted by Gasteiger charge is 2.46. The SMILES string of the molecule is CSC[C@H]1O[C@@H]([n+]2c[nH]c3c(N)ncnc32)[C@H](O)[C@@H]1O. The Labute approximate surface area is 119 Å². The lowest BCUT2D eigenvalue weighted by Crippen LogP contribution is -2.45. The van der Waals surface area contributed by atoms with Crippen LogP contribution in [0.4, 0.5) is 5.82 Å². The Bertz CT molecular complexity index is 621. The van der Waals surface area contributed by atoms with Gasteiger partial charge in [-0.25, -0.2) is 4.57 Å². The molecule has 0 radical (unpaired) electrons. The summed E-state index contributed by atoms with van der Waals surface area (Å²) in [6, 6.07) is 0. The number of aliphatic hydroxyl groups is 2. The first kappa shape index (κ1) is 13.6. The molecule has 9 heteroatoms. The largest absolute Gasteiger partial charge is 0.387 e. The third-order valence-electron chi connectivity index (χ3n) is 3.39. The van der Waals surface area contributed by atoms with E-state index in [0.717, 1.165) is 0 Å². The Morgan fingerprint density at radius 2 is 2.25 bits per heavy atom. The van der Waals surface area contributed by atoms with Crippen LogP contribution in [0.5, 0.6) is 0 Å². The van der Waals surface area contributed by atoms with E-state index in [9.17, 15) is 10.2 Å². The van der Waals surface area contributed by atoms with Gasteiger partial charge in [-0.15, -0.1) is 0 Å². The van der Waals surface area contributed by atoms with Crippen molar-refractivity contribution in [1.82, 2.24) is 15.0 Å². The summed E-state index contributed by atoms with van der Waals surface area (Å²) in [5.41, 5.74) is 6.85. The second-order valence-corrected chi connectivity index (χ2v) is 5.55. The van der Waals surface area contributed by atoms with E-state index < -0.39 is 24.5 Å². The smallest absolute Gasteiger partial charge is 0.309 e. The number of thioether (sulfide) groups is 1. The molecule has 0 aliphatic carbocycles. The zero-order valence-corrected chi connectivity index (χ0v) is 11.6. The van der Waals surface area contributed by atoms with E-state index in [-0.39, 0.29) is 0 Å². The summed E-state index contributed by atoms with van der Waals surface area (Å²) in [4.78, 5) is 11.0. The minimum atomic E-state index is -1.02. The summed E-state index contributed by atoms with van der Waals surface area (Å²) in [5, 5.41) is 20.2. The monoisotopic (exact) mass is 298 g/mol. The van der Waals surface area contributed by atoms with Crippen LogP contribution in [0.15, 0.2) is 12.7 Å². The molecule has 4 atom stereocenters. The molecule has 0 bridgehead atoms. The molecule has 20 heavy (non-hydrogen) atoms. The number of H-pyrrole nitrogens is 1.